The minimum atomic E-state index is 0.0132. The van der Waals surface area contributed by atoms with Crippen LogP contribution in [-0.4, -0.2) is 60.1 Å². The molecule has 0 N–H and O–H groups in total. The first kappa shape index (κ1) is 20.7. The molecule has 2 aromatic rings. The van der Waals surface area contributed by atoms with Crippen LogP contribution in [0.5, 0.6) is 5.75 Å². The molecule has 0 aliphatic carbocycles. The number of thioether (sulfide) groups is 2. The summed E-state index contributed by atoms with van der Waals surface area (Å²) in [5.41, 5.74) is 1.32. The van der Waals surface area contributed by atoms with E-state index in [9.17, 15) is 4.79 Å². The van der Waals surface area contributed by atoms with E-state index in [1.54, 1.807) is 6.20 Å². The second-order valence-corrected chi connectivity index (χ2v) is 10.1. The molecule has 1 aromatic heterocycles. The molecule has 2 aliphatic rings. The van der Waals surface area contributed by atoms with Crippen molar-refractivity contribution in [3.63, 3.8) is 0 Å². The van der Waals surface area contributed by atoms with Gasteiger partial charge in [-0.1, -0.05) is 23.7 Å². The zero-order valence-corrected chi connectivity index (χ0v) is 18.5. The third kappa shape index (κ3) is 5.32. The van der Waals surface area contributed by atoms with Gasteiger partial charge in [0.1, 0.15) is 11.6 Å². The Morgan fingerprint density at radius 2 is 1.83 bits per heavy atom. The van der Waals surface area contributed by atoms with Crippen molar-refractivity contribution in [2.75, 3.05) is 49.2 Å². The SMILES string of the molecule is O=C(COc1ccc(C2SCCCS2)cc1)N1CCN(c2ncccc2Cl)CC1. The number of piperazine rings is 1. The molecular weight excluding hydrogens is 426 g/mol. The lowest BCUT2D eigenvalue weighted by atomic mass is 10.2. The Hall–Kier alpha value is -1.57. The molecule has 4 rings (SSSR count). The van der Waals surface area contributed by atoms with E-state index in [0.29, 0.717) is 35.8 Å². The number of amides is 1. The van der Waals surface area contributed by atoms with Crippen LogP contribution in [0.2, 0.25) is 5.02 Å². The van der Waals surface area contributed by atoms with Crippen LogP contribution < -0.4 is 9.64 Å². The van der Waals surface area contributed by atoms with E-state index in [0.717, 1.165) is 11.6 Å². The quantitative estimate of drug-likeness (QED) is 0.677. The van der Waals surface area contributed by atoms with Crippen LogP contribution in [0.25, 0.3) is 0 Å². The summed E-state index contributed by atoms with van der Waals surface area (Å²) in [4.78, 5) is 20.8. The van der Waals surface area contributed by atoms with Crippen molar-refractivity contribution in [3.8, 4) is 5.75 Å². The Balaban J connectivity index is 1.24. The van der Waals surface area contributed by atoms with Crippen molar-refractivity contribution >= 4 is 46.8 Å². The molecule has 3 heterocycles. The minimum Gasteiger partial charge on any atom is -0.484 e. The van der Waals surface area contributed by atoms with Gasteiger partial charge in [0.2, 0.25) is 0 Å². The summed E-state index contributed by atoms with van der Waals surface area (Å²) in [7, 11) is 0. The monoisotopic (exact) mass is 449 g/mol. The van der Waals surface area contributed by atoms with Gasteiger partial charge in [-0.15, -0.1) is 23.5 Å². The lowest BCUT2D eigenvalue weighted by molar-refractivity contribution is -0.133. The first-order valence-electron chi connectivity index (χ1n) is 9.80. The van der Waals surface area contributed by atoms with Crippen LogP contribution >= 0.6 is 35.1 Å². The van der Waals surface area contributed by atoms with Gasteiger partial charge in [-0.3, -0.25) is 4.79 Å². The van der Waals surface area contributed by atoms with Crippen molar-refractivity contribution < 1.29 is 9.53 Å². The molecule has 0 atom stereocenters. The molecule has 5 nitrogen and oxygen atoms in total. The predicted molar refractivity (Wildman–Crippen MR) is 122 cm³/mol. The number of anilines is 1. The molecular formula is C21H24ClN3O2S2. The van der Waals surface area contributed by atoms with Crippen molar-refractivity contribution in [1.82, 2.24) is 9.88 Å². The molecule has 8 heteroatoms. The summed E-state index contributed by atoms with van der Waals surface area (Å²) in [6.07, 6.45) is 3.03. The molecule has 0 spiro atoms. The summed E-state index contributed by atoms with van der Waals surface area (Å²) < 4.78 is 6.26. The predicted octanol–water partition coefficient (Wildman–Crippen LogP) is 4.33. The highest BCUT2D eigenvalue weighted by Crippen LogP contribution is 2.43. The first-order chi connectivity index (χ1) is 14.2. The Bertz CT molecular complexity index is 823. The maximum Gasteiger partial charge on any atom is 0.260 e. The van der Waals surface area contributed by atoms with Crippen LogP contribution in [0.3, 0.4) is 0 Å². The number of ether oxygens (including phenoxy) is 1. The van der Waals surface area contributed by atoms with Crippen molar-refractivity contribution in [2.24, 2.45) is 0 Å². The average Bonchev–Trinajstić information content (AvgIpc) is 2.79. The lowest BCUT2D eigenvalue weighted by Crippen LogP contribution is -2.50. The average molecular weight is 450 g/mol. The lowest BCUT2D eigenvalue weighted by Gasteiger charge is -2.35. The Kier molecular flexibility index (Phi) is 7.11. The van der Waals surface area contributed by atoms with Crippen molar-refractivity contribution in [3.05, 3.63) is 53.2 Å². The highest BCUT2D eigenvalue weighted by atomic mass is 35.5. The fourth-order valence-electron chi connectivity index (χ4n) is 3.42. The summed E-state index contributed by atoms with van der Waals surface area (Å²) in [5.74, 6) is 3.99. The summed E-state index contributed by atoms with van der Waals surface area (Å²) in [5, 5.41) is 0.643. The van der Waals surface area contributed by atoms with E-state index in [2.05, 4.69) is 22.0 Å². The number of hydrogen-bond acceptors (Lipinski definition) is 6. The number of aromatic nitrogens is 1. The number of hydrogen-bond donors (Lipinski definition) is 0. The number of rotatable bonds is 5. The van der Waals surface area contributed by atoms with Gasteiger partial charge in [0.25, 0.3) is 5.91 Å². The number of carbonyl (C=O) groups is 1. The Labute approximate surface area is 185 Å². The van der Waals surface area contributed by atoms with E-state index in [-0.39, 0.29) is 12.5 Å². The maximum atomic E-state index is 12.5. The molecule has 0 saturated carbocycles. The Morgan fingerprint density at radius 3 is 2.52 bits per heavy atom. The van der Waals surface area contributed by atoms with E-state index in [1.807, 2.05) is 52.7 Å². The van der Waals surface area contributed by atoms with Gasteiger partial charge < -0.3 is 14.5 Å². The summed E-state index contributed by atoms with van der Waals surface area (Å²) in [6, 6.07) is 11.8. The molecule has 2 fully saturated rings. The molecule has 1 aromatic carbocycles. The third-order valence-corrected chi connectivity index (χ3v) is 8.32. The second kappa shape index (κ2) is 9.96. The van der Waals surface area contributed by atoms with Gasteiger partial charge >= 0.3 is 0 Å². The van der Waals surface area contributed by atoms with E-state index < -0.39 is 0 Å². The van der Waals surface area contributed by atoms with Gasteiger partial charge in [0.15, 0.2) is 6.61 Å². The topological polar surface area (TPSA) is 45.7 Å². The highest BCUT2D eigenvalue weighted by molar-refractivity contribution is 8.16. The van der Waals surface area contributed by atoms with Gasteiger partial charge in [-0.2, -0.15) is 0 Å². The third-order valence-electron chi connectivity index (χ3n) is 5.01. The molecule has 0 unspecified atom stereocenters. The maximum absolute atomic E-state index is 12.5. The van der Waals surface area contributed by atoms with Crippen molar-refractivity contribution in [2.45, 2.75) is 11.0 Å². The van der Waals surface area contributed by atoms with Crippen LogP contribution in [0, 0.1) is 0 Å². The second-order valence-electron chi connectivity index (χ2n) is 6.96. The van der Waals surface area contributed by atoms with Gasteiger partial charge in [0.05, 0.1) is 9.60 Å². The van der Waals surface area contributed by atoms with Gasteiger partial charge in [0, 0.05) is 32.4 Å². The number of halogens is 1. The van der Waals surface area contributed by atoms with Crippen LogP contribution in [-0.2, 0) is 4.79 Å². The molecule has 0 radical (unpaired) electrons. The largest absolute Gasteiger partial charge is 0.484 e. The van der Waals surface area contributed by atoms with Crippen LogP contribution in [0.4, 0.5) is 5.82 Å². The fraction of sp³-hybridized carbons (Fsp3) is 0.429. The van der Waals surface area contributed by atoms with Crippen LogP contribution in [0.15, 0.2) is 42.6 Å². The normalized spacial score (nSPS) is 18.0. The fourth-order valence-corrected chi connectivity index (χ4v) is 6.55. The smallest absolute Gasteiger partial charge is 0.260 e. The zero-order valence-electron chi connectivity index (χ0n) is 16.1. The minimum absolute atomic E-state index is 0.0132. The number of benzene rings is 1. The van der Waals surface area contributed by atoms with Gasteiger partial charge in [-0.25, -0.2) is 4.98 Å². The highest BCUT2D eigenvalue weighted by Gasteiger charge is 2.23. The molecule has 29 heavy (non-hydrogen) atoms. The standard InChI is InChI=1S/C21H24ClN3O2S2/c22-18-3-1-8-23-20(18)25-11-9-24(10-12-25)19(26)15-27-17-6-4-16(5-7-17)21-28-13-2-14-29-21/h1,3-8,21H,2,9-15H2. The molecule has 2 saturated heterocycles. The molecule has 1 amide bonds. The zero-order chi connectivity index (χ0) is 20.1. The first-order valence-corrected chi connectivity index (χ1v) is 12.3. The van der Waals surface area contributed by atoms with E-state index >= 15 is 0 Å². The van der Waals surface area contributed by atoms with Crippen molar-refractivity contribution in [1.29, 1.82) is 0 Å². The van der Waals surface area contributed by atoms with Crippen LogP contribution in [0.1, 0.15) is 16.6 Å². The van der Waals surface area contributed by atoms with E-state index in [4.69, 9.17) is 16.3 Å². The molecule has 154 valence electrons. The van der Waals surface area contributed by atoms with Gasteiger partial charge in [-0.05, 0) is 47.8 Å². The number of nitrogens with zero attached hydrogens (tertiary/aromatic N) is 3. The summed E-state index contributed by atoms with van der Waals surface area (Å²) in [6.45, 7) is 2.78. The molecule has 2 aliphatic heterocycles. The number of carbonyl (C=O) groups excluding carboxylic acids is 1. The van der Waals surface area contributed by atoms with E-state index in [1.165, 1.54) is 23.5 Å². The Morgan fingerprint density at radius 1 is 1.10 bits per heavy atom. The number of pyridine rings is 1. The summed E-state index contributed by atoms with van der Waals surface area (Å²) >= 11 is 10.2. The molecule has 0 bridgehead atoms.